The molecule has 1 aliphatic rings. The first kappa shape index (κ1) is 20.0. The van der Waals surface area contributed by atoms with Crippen LogP contribution in [0.3, 0.4) is 0 Å². The minimum atomic E-state index is -0.848. The van der Waals surface area contributed by atoms with Crippen molar-refractivity contribution in [3.05, 3.63) is 35.4 Å². The second kappa shape index (κ2) is 9.42. The van der Waals surface area contributed by atoms with E-state index in [0.29, 0.717) is 6.54 Å². The van der Waals surface area contributed by atoms with Gasteiger partial charge in [0.05, 0.1) is 19.2 Å². The maximum absolute atomic E-state index is 12.1. The monoisotopic (exact) mass is 362 g/mol. The molecule has 1 heterocycles. The second-order valence-electron chi connectivity index (χ2n) is 6.39. The highest BCUT2D eigenvalue weighted by molar-refractivity contribution is 5.95. The van der Waals surface area contributed by atoms with E-state index in [1.165, 1.54) is 0 Å². The average Bonchev–Trinajstić information content (AvgIpc) is 2.94. The van der Waals surface area contributed by atoms with Gasteiger partial charge in [0.15, 0.2) is 5.78 Å². The summed E-state index contributed by atoms with van der Waals surface area (Å²) in [6.07, 6.45) is -0.848. The minimum absolute atomic E-state index is 0.00184. The maximum Gasteiger partial charge on any atom is 0.250 e. The van der Waals surface area contributed by atoms with Crippen molar-refractivity contribution in [2.75, 3.05) is 19.6 Å². The number of ether oxygens (including phenoxy) is 1. The molecule has 8 nitrogen and oxygen atoms in total. The van der Waals surface area contributed by atoms with Crippen molar-refractivity contribution in [2.45, 2.75) is 38.6 Å². The molecule has 0 bridgehead atoms. The van der Waals surface area contributed by atoms with Crippen molar-refractivity contribution in [1.82, 2.24) is 16.0 Å². The van der Waals surface area contributed by atoms with Gasteiger partial charge in [-0.3, -0.25) is 14.4 Å². The zero-order valence-electron chi connectivity index (χ0n) is 15.1. The predicted octanol–water partition coefficient (Wildman–Crippen LogP) is -0.999. The Balaban J connectivity index is 1.74. The Hall–Kier alpha value is -2.29. The van der Waals surface area contributed by atoms with Gasteiger partial charge in [-0.2, -0.15) is 0 Å². The maximum atomic E-state index is 12.1. The van der Waals surface area contributed by atoms with Gasteiger partial charge >= 0.3 is 0 Å². The van der Waals surface area contributed by atoms with Gasteiger partial charge in [-0.15, -0.1) is 0 Å². The third kappa shape index (κ3) is 5.62. The van der Waals surface area contributed by atoms with Crippen LogP contribution >= 0.6 is 0 Å². The summed E-state index contributed by atoms with van der Waals surface area (Å²) >= 11 is 0. The van der Waals surface area contributed by atoms with Crippen LogP contribution in [0.15, 0.2) is 24.3 Å². The SMILES string of the molecule is Cc1ccc(COC(CN)C(=O)NCC(=O)NC2CNC(C)C2=O)cc1. The first-order valence-electron chi connectivity index (χ1n) is 8.62. The third-order valence-corrected chi connectivity index (χ3v) is 4.24. The molecule has 1 fully saturated rings. The van der Waals surface area contributed by atoms with Gasteiger partial charge in [-0.25, -0.2) is 0 Å². The van der Waals surface area contributed by atoms with Crippen LogP contribution in [0.25, 0.3) is 0 Å². The van der Waals surface area contributed by atoms with Gasteiger partial charge in [0, 0.05) is 13.1 Å². The van der Waals surface area contributed by atoms with E-state index < -0.39 is 24.0 Å². The number of carbonyl (C=O) groups is 3. The van der Waals surface area contributed by atoms with Gasteiger partial charge in [0.25, 0.3) is 5.91 Å². The molecule has 0 radical (unpaired) electrons. The number of hydrogen-bond donors (Lipinski definition) is 4. The van der Waals surface area contributed by atoms with Crippen LogP contribution in [0.5, 0.6) is 0 Å². The fourth-order valence-electron chi connectivity index (χ4n) is 2.58. The van der Waals surface area contributed by atoms with Crippen LogP contribution in [0, 0.1) is 6.92 Å². The largest absolute Gasteiger partial charge is 0.362 e. The second-order valence-corrected chi connectivity index (χ2v) is 6.39. The summed E-state index contributed by atoms with van der Waals surface area (Å²) in [7, 11) is 0. The molecule has 1 aliphatic heterocycles. The van der Waals surface area contributed by atoms with E-state index in [-0.39, 0.29) is 31.5 Å². The van der Waals surface area contributed by atoms with E-state index in [0.717, 1.165) is 11.1 Å². The van der Waals surface area contributed by atoms with Gasteiger partial charge in [-0.1, -0.05) is 29.8 Å². The summed E-state index contributed by atoms with van der Waals surface area (Å²) in [5.74, 6) is -0.952. The quantitative estimate of drug-likeness (QED) is 0.471. The molecule has 3 unspecified atom stereocenters. The molecular weight excluding hydrogens is 336 g/mol. The highest BCUT2D eigenvalue weighted by Crippen LogP contribution is 2.06. The van der Waals surface area contributed by atoms with Crippen molar-refractivity contribution >= 4 is 17.6 Å². The van der Waals surface area contributed by atoms with Crippen molar-refractivity contribution < 1.29 is 19.1 Å². The molecule has 142 valence electrons. The normalized spacial score (nSPS) is 20.7. The molecule has 1 aromatic carbocycles. The summed E-state index contributed by atoms with van der Waals surface area (Å²) < 4.78 is 5.54. The Kier molecular flexibility index (Phi) is 7.26. The van der Waals surface area contributed by atoms with Crippen molar-refractivity contribution in [3.8, 4) is 0 Å². The number of amides is 2. The molecule has 1 saturated heterocycles. The Labute approximate surface area is 152 Å². The molecule has 26 heavy (non-hydrogen) atoms. The van der Waals surface area contributed by atoms with Gasteiger partial charge in [0.2, 0.25) is 5.91 Å². The Morgan fingerprint density at radius 3 is 2.62 bits per heavy atom. The van der Waals surface area contributed by atoms with Gasteiger partial charge in [0.1, 0.15) is 12.1 Å². The van der Waals surface area contributed by atoms with E-state index in [4.69, 9.17) is 10.5 Å². The summed E-state index contributed by atoms with van der Waals surface area (Å²) in [5, 5.41) is 8.05. The van der Waals surface area contributed by atoms with Crippen LogP contribution < -0.4 is 21.7 Å². The zero-order chi connectivity index (χ0) is 19.1. The van der Waals surface area contributed by atoms with Crippen molar-refractivity contribution in [1.29, 1.82) is 0 Å². The van der Waals surface area contributed by atoms with Crippen LogP contribution in [-0.4, -0.2) is 55.4 Å². The van der Waals surface area contributed by atoms with E-state index in [1.807, 2.05) is 31.2 Å². The Bertz CT molecular complexity index is 647. The lowest BCUT2D eigenvalue weighted by Crippen LogP contribution is -2.48. The Morgan fingerprint density at radius 2 is 2.04 bits per heavy atom. The van der Waals surface area contributed by atoms with E-state index in [1.54, 1.807) is 6.92 Å². The van der Waals surface area contributed by atoms with Crippen LogP contribution in [0.4, 0.5) is 0 Å². The van der Waals surface area contributed by atoms with Crippen LogP contribution in [0.2, 0.25) is 0 Å². The molecule has 2 amide bonds. The molecule has 1 aromatic rings. The number of rotatable bonds is 8. The van der Waals surface area contributed by atoms with E-state index >= 15 is 0 Å². The summed E-state index contributed by atoms with van der Waals surface area (Å²) in [5.41, 5.74) is 7.66. The van der Waals surface area contributed by atoms with Gasteiger partial charge < -0.3 is 26.4 Å². The fourth-order valence-corrected chi connectivity index (χ4v) is 2.58. The Morgan fingerprint density at radius 1 is 1.35 bits per heavy atom. The molecule has 8 heteroatoms. The lowest BCUT2D eigenvalue weighted by atomic mass is 10.1. The zero-order valence-corrected chi connectivity index (χ0v) is 15.1. The molecule has 2 rings (SSSR count). The summed E-state index contributed by atoms with van der Waals surface area (Å²) in [4.78, 5) is 35.8. The lowest BCUT2D eigenvalue weighted by Gasteiger charge is -2.16. The fraction of sp³-hybridized carbons (Fsp3) is 0.500. The number of Topliss-reactive ketones (excluding diaryl/α,β-unsaturated/α-hetero) is 1. The number of hydrogen-bond acceptors (Lipinski definition) is 6. The lowest BCUT2D eigenvalue weighted by molar-refractivity contribution is -0.135. The highest BCUT2D eigenvalue weighted by atomic mass is 16.5. The third-order valence-electron chi connectivity index (χ3n) is 4.24. The molecule has 5 N–H and O–H groups in total. The number of nitrogens with two attached hydrogens (primary N) is 1. The first-order valence-corrected chi connectivity index (χ1v) is 8.62. The molecule has 0 aliphatic carbocycles. The number of nitrogens with one attached hydrogen (secondary N) is 3. The summed E-state index contributed by atoms with van der Waals surface area (Å²) in [6.45, 7) is 4.14. The number of ketones is 1. The number of carbonyl (C=O) groups excluding carboxylic acids is 3. The van der Waals surface area contributed by atoms with Crippen molar-refractivity contribution in [3.63, 3.8) is 0 Å². The number of aryl methyl sites for hydroxylation is 1. The predicted molar refractivity (Wildman–Crippen MR) is 96.2 cm³/mol. The topological polar surface area (TPSA) is 123 Å². The van der Waals surface area contributed by atoms with Crippen LogP contribution in [-0.2, 0) is 25.7 Å². The van der Waals surface area contributed by atoms with Crippen molar-refractivity contribution in [2.24, 2.45) is 5.73 Å². The van der Waals surface area contributed by atoms with E-state index in [9.17, 15) is 14.4 Å². The average molecular weight is 362 g/mol. The molecule has 0 spiro atoms. The smallest absolute Gasteiger partial charge is 0.250 e. The van der Waals surface area contributed by atoms with Crippen LogP contribution in [0.1, 0.15) is 18.1 Å². The number of benzene rings is 1. The minimum Gasteiger partial charge on any atom is -0.362 e. The van der Waals surface area contributed by atoms with Gasteiger partial charge in [-0.05, 0) is 19.4 Å². The molecule has 0 saturated carbocycles. The standard InChI is InChI=1S/C18H26N4O4/c1-11-3-5-13(6-4-11)10-26-15(7-19)18(25)21-9-16(23)22-14-8-20-12(2)17(14)24/h3-6,12,14-15,20H,7-10,19H2,1-2H3,(H,21,25)(H,22,23). The molecule has 0 aromatic heterocycles. The summed E-state index contributed by atoms with van der Waals surface area (Å²) in [6, 6.07) is 6.93. The van der Waals surface area contributed by atoms with E-state index in [2.05, 4.69) is 16.0 Å². The highest BCUT2D eigenvalue weighted by Gasteiger charge is 2.31. The molecular formula is C18H26N4O4. The first-order chi connectivity index (χ1) is 12.4. The molecule has 3 atom stereocenters.